The van der Waals surface area contributed by atoms with E-state index in [4.69, 9.17) is 18.9 Å². The second-order valence-corrected chi connectivity index (χ2v) is 13.9. The lowest BCUT2D eigenvalue weighted by molar-refractivity contribution is -0.141. The number of ether oxygens (including phenoxy) is 4. The molecular weight excluding hydrogens is 697 g/mol. The zero-order chi connectivity index (χ0) is 38.4. The number of imide groups is 1. The number of aromatic hydroxyl groups is 1. The van der Waals surface area contributed by atoms with Crippen LogP contribution in [0, 0.1) is 0 Å². The number of hydrogen-bond donors (Lipinski definition) is 3. The number of fused-ring (bicyclic) bond motifs is 1. The van der Waals surface area contributed by atoms with Crippen LogP contribution in [-0.2, 0) is 25.6 Å². The summed E-state index contributed by atoms with van der Waals surface area (Å²) < 4.78 is 23.5. The number of aliphatic hydroxyl groups is 1. The van der Waals surface area contributed by atoms with Gasteiger partial charge in [-0.05, 0) is 102 Å². The summed E-state index contributed by atoms with van der Waals surface area (Å²) in [6, 6.07) is 31.2. The third-order valence-corrected chi connectivity index (χ3v) is 9.98. The molecule has 1 fully saturated rings. The fraction of sp³-hybridized carbons (Fsp3) is 0.378. The third kappa shape index (κ3) is 10.8. The number of hydrogen-bond acceptors (Lipinski definition) is 9. The summed E-state index contributed by atoms with van der Waals surface area (Å²) in [7, 11) is 0. The number of unbranched alkanes of at least 4 members (excludes halogenated alkanes) is 1. The molecule has 2 aliphatic heterocycles. The van der Waals surface area contributed by atoms with Crippen molar-refractivity contribution < 1.29 is 38.7 Å². The first kappa shape index (κ1) is 39.7. The van der Waals surface area contributed by atoms with Crippen LogP contribution in [0.15, 0.2) is 97.1 Å². The van der Waals surface area contributed by atoms with Gasteiger partial charge in [0.2, 0.25) is 11.8 Å². The van der Waals surface area contributed by atoms with Gasteiger partial charge in [-0.15, -0.1) is 0 Å². The Bertz CT molecular complexity index is 1880. The minimum absolute atomic E-state index is 0.250. The Kier molecular flexibility index (Phi) is 14.5. The van der Waals surface area contributed by atoms with Crippen LogP contribution in [0.5, 0.6) is 17.2 Å². The number of amides is 2. The first-order valence-electron chi connectivity index (χ1n) is 19.4. The highest BCUT2D eigenvalue weighted by Gasteiger charge is 2.39. The van der Waals surface area contributed by atoms with Gasteiger partial charge in [0.1, 0.15) is 23.5 Å². The molecule has 1 saturated heterocycles. The third-order valence-electron chi connectivity index (χ3n) is 9.98. The van der Waals surface area contributed by atoms with E-state index in [2.05, 4.69) is 48.6 Å². The number of benzene rings is 4. The lowest BCUT2D eigenvalue weighted by Gasteiger charge is -2.31. The molecule has 290 valence electrons. The van der Waals surface area contributed by atoms with Gasteiger partial charge in [0.05, 0.1) is 19.3 Å². The molecule has 2 heterocycles. The number of piperidine rings is 1. The Balaban J connectivity index is 0.817. The molecule has 0 saturated carbocycles. The van der Waals surface area contributed by atoms with Gasteiger partial charge in [-0.1, -0.05) is 67.6 Å². The molecule has 0 aliphatic carbocycles. The maximum Gasteiger partial charge on any atom is 0.244 e. The van der Waals surface area contributed by atoms with Crippen LogP contribution < -0.4 is 14.8 Å². The lowest BCUT2D eigenvalue weighted by Crippen LogP contribution is -2.51. The number of aliphatic hydroxyl groups excluding tert-OH is 1. The van der Waals surface area contributed by atoms with Crippen LogP contribution >= 0.6 is 0 Å². The highest BCUT2D eigenvalue weighted by molar-refractivity contribution is 6.00. The van der Waals surface area contributed by atoms with E-state index in [0.717, 1.165) is 65.7 Å². The molecule has 0 spiro atoms. The molecule has 4 aromatic carbocycles. The topological polar surface area (TPSA) is 127 Å². The minimum atomic E-state index is -0.883. The van der Waals surface area contributed by atoms with E-state index in [1.54, 1.807) is 17.0 Å². The number of allylic oxidation sites excluding steroid dienone is 1. The van der Waals surface area contributed by atoms with Gasteiger partial charge in [-0.25, -0.2) is 0 Å². The molecule has 0 bridgehead atoms. The number of nitrogens with one attached hydrogen (secondary N) is 1. The first-order chi connectivity index (χ1) is 26.9. The summed E-state index contributed by atoms with van der Waals surface area (Å²) in [5.74, 6) is 1.17. The van der Waals surface area contributed by atoms with Crippen molar-refractivity contribution >= 4 is 23.0 Å². The average molecular weight is 749 g/mol. The van der Waals surface area contributed by atoms with Crippen molar-refractivity contribution in [3.8, 4) is 17.2 Å². The SMILES string of the molecule is CC/C(=C(\c1ccc(O)cc1)c1ccc(OCCCCOCCCOCCCOc2ccc3c(c2)CN(C2CCC(=O)NC2=O)C3O)cc1)c1ccccc1. The predicted octanol–water partition coefficient (Wildman–Crippen LogP) is 7.42. The molecule has 55 heavy (non-hydrogen) atoms. The summed E-state index contributed by atoms with van der Waals surface area (Å²) in [6.45, 7) is 6.26. The van der Waals surface area contributed by atoms with Crippen molar-refractivity contribution in [1.29, 1.82) is 0 Å². The second-order valence-electron chi connectivity index (χ2n) is 13.9. The fourth-order valence-electron chi connectivity index (χ4n) is 7.14. The molecule has 10 heteroatoms. The van der Waals surface area contributed by atoms with E-state index in [1.165, 1.54) is 11.1 Å². The fourth-order valence-corrected chi connectivity index (χ4v) is 7.14. The zero-order valence-electron chi connectivity index (χ0n) is 31.6. The Hall–Kier alpha value is -5.00. The van der Waals surface area contributed by atoms with Crippen LogP contribution in [0.1, 0.15) is 85.9 Å². The lowest BCUT2D eigenvalue weighted by atomic mass is 9.88. The molecule has 10 nitrogen and oxygen atoms in total. The van der Waals surface area contributed by atoms with Gasteiger partial charge < -0.3 is 29.2 Å². The van der Waals surface area contributed by atoms with Crippen molar-refractivity contribution in [2.24, 2.45) is 0 Å². The summed E-state index contributed by atoms with van der Waals surface area (Å²) >= 11 is 0. The largest absolute Gasteiger partial charge is 0.508 e. The summed E-state index contributed by atoms with van der Waals surface area (Å²) in [4.78, 5) is 25.6. The summed E-state index contributed by atoms with van der Waals surface area (Å²) in [5, 5.41) is 23.0. The molecule has 0 radical (unpaired) electrons. The number of phenolic OH excluding ortho intramolecular Hbond substituents is 1. The number of nitrogens with zero attached hydrogens (tertiary/aromatic N) is 1. The van der Waals surface area contributed by atoms with E-state index in [9.17, 15) is 19.8 Å². The van der Waals surface area contributed by atoms with Gasteiger partial charge in [0.25, 0.3) is 0 Å². The van der Waals surface area contributed by atoms with Crippen LogP contribution in [0.25, 0.3) is 11.1 Å². The monoisotopic (exact) mass is 748 g/mol. The Morgan fingerprint density at radius 2 is 1.33 bits per heavy atom. The van der Waals surface area contributed by atoms with Crippen molar-refractivity contribution in [3.63, 3.8) is 0 Å². The number of carbonyl (C=O) groups is 2. The molecular formula is C45H52N2O8. The van der Waals surface area contributed by atoms with Crippen LogP contribution in [0.3, 0.4) is 0 Å². The summed E-state index contributed by atoms with van der Waals surface area (Å²) in [5.41, 5.74) is 7.42. The molecule has 4 aromatic rings. The van der Waals surface area contributed by atoms with Gasteiger partial charge in [0.15, 0.2) is 0 Å². The van der Waals surface area contributed by atoms with Crippen molar-refractivity contribution in [1.82, 2.24) is 10.2 Å². The van der Waals surface area contributed by atoms with Gasteiger partial charge >= 0.3 is 0 Å². The summed E-state index contributed by atoms with van der Waals surface area (Å²) in [6.07, 6.45) is 4.04. The van der Waals surface area contributed by atoms with Gasteiger partial charge in [0, 0.05) is 51.4 Å². The van der Waals surface area contributed by atoms with E-state index in [1.807, 2.05) is 48.5 Å². The van der Waals surface area contributed by atoms with E-state index in [0.29, 0.717) is 58.4 Å². The van der Waals surface area contributed by atoms with Crippen LogP contribution in [0.2, 0.25) is 0 Å². The second kappa shape index (κ2) is 20.1. The standard InChI is InChI=1S/C45H52N2O8/c1-2-39(32-10-4-3-5-11-32)43(33-12-16-36(48)17-13-33)34-14-18-37(19-15-34)54-28-7-6-24-52-25-8-26-53-27-9-29-55-38-20-21-40-35(30-38)31-47(45(40)51)41-22-23-42(49)46-44(41)50/h3-5,10-21,30,41,45,48,51H,2,6-9,22-29,31H2,1H3,(H,46,49,50)/b43-39-. The van der Waals surface area contributed by atoms with Crippen molar-refractivity contribution in [3.05, 3.63) is 125 Å². The smallest absolute Gasteiger partial charge is 0.244 e. The number of rotatable bonds is 20. The molecule has 6 rings (SSSR count). The Morgan fingerprint density at radius 1 is 0.727 bits per heavy atom. The Labute approximate surface area is 323 Å². The minimum Gasteiger partial charge on any atom is -0.508 e. The first-order valence-corrected chi connectivity index (χ1v) is 19.4. The molecule has 2 atom stereocenters. The van der Waals surface area contributed by atoms with Crippen LogP contribution in [0.4, 0.5) is 0 Å². The number of phenols is 1. The zero-order valence-corrected chi connectivity index (χ0v) is 31.6. The molecule has 2 aliphatic rings. The van der Waals surface area contributed by atoms with E-state index >= 15 is 0 Å². The Morgan fingerprint density at radius 3 is 2.02 bits per heavy atom. The maximum absolute atomic E-state index is 12.3. The van der Waals surface area contributed by atoms with Gasteiger partial charge in [-0.2, -0.15) is 0 Å². The van der Waals surface area contributed by atoms with E-state index in [-0.39, 0.29) is 24.0 Å². The van der Waals surface area contributed by atoms with Crippen molar-refractivity contribution in [2.75, 3.05) is 39.6 Å². The number of carbonyl (C=O) groups excluding carboxylic acids is 2. The molecule has 2 unspecified atom stereocenters. The normalized spacial score (nSPS) is 17.4. The maximum atomic E-state index is 12.3. The molecule has 0 aromatic heterocycles. The molecule has 2 amide bonds. The predicted molar refractivity (Wildman–Crippen MR) is 211 cm³/mol. The quantitative estimate of drug-likeness (QED) is 0.0481. The highest BCUT2D eigenvalue weighted by Crippen LogP contribution is 2.38. The average Bonchev–Trinajstić information content (AvgIpc) is 3.52. The van der Waals surface area contributed by atoms with Gasteiger partial charge in [-0.3, -0.25) is 19.8 Å². The van der Waals surface area contributed by atoms with E-state index < -0.39 is 12.3 Å². The van der Waals surface area contributed by atoms with Crippen molar-refractivity contribution in [2.45, 2.75) is 70.7 Å². The van der Waals surface area contributed by atoms with Crippen LogP contribution in [-0.4, -0.2) is 72.6 Å². The highest BCUT2D eigenvalue weighted by atomic mass is 16.5. The molecule has 3 N–H and O–H groups in total.